The SMILES string of the molecule is O=C(CNCC1CC1)N1CCN(c2cccc(Cl)c2)CC1. The lowest BCUT2D eigenvalue weighted by molar-refractivity contribution is -0.130. The van der Waals surface area contributed by atoms with E-state index in [-0.39, 0.29) is 5.91 Å². The van der Waals surface area contributed by atoms with Crippen LogP contribution in [0.5, 0.6) is 0 Å². The smallest absolute Gasteiger partial charge is 0.236 e. The summed E-state index contributed by atoms with van der Waals surface area (Å²) >= 11 is 6.03. The summed E-state index contributed by atoms with van der Waals surface area (Å²) in [6, 6.07) is 7.91. The summed E-state index contributed by atoms with van der Waals surface area (Å²) in [6.45, 7) is 4.79. The minimum Gasteiger partial charge on any atom is -0.368 e. The molecule has 4 nitrogen and oxygen atoms in total. The normalized spacial score (nSPS) is 18.9. The van der Waals surface area contributed by atoms with Crippen LogP contribution < -0.4 is 10.2 Å². The van der Waals surface area contributed by atoms with Gasteiger partial charge in [0.2, 0.25) is 5.91 Å². The van der Waals surface area contributed by atoms with Crippen molar-refractivity contribution in [3.05, 3.63) is 29.3 Å². The first-order valence-electron chi connectivity index (χ1n) is 7.71. The van der Waals surface area contributed by atoms with Crippen LogP contribution in [-0.4, -0.2) is 50.1 Å². The molecule has 2 aliphatic rings. The van der Waals surface area contributed by atoms with E-state index in [1.54, 1.807) is 0 Å². The first-order valence-corrected chi connectivity index (χ1v) is 8.09. The molecular weight excluding hydrogens is 286 g/mol. The van der Waals surface area contributed by atoms with Crippen LogP contribution in [0, 0.1) is 5.92 Å². The molecule has 0 spiro atoms. The Morgan fingerprint density at radius 3 is 2.67 bits per heavy atom. The second-order valence-electron chi connectivity index (χ2n) is 5.92. The molecule has 0 radical (unpaired) electrons. The number of amides is 1. The van der Waals surface area contributed by atoms with Crippen LogP contribution in [0.15, 0.2) is 24.3 Å². The summed E-state index contributed by atoms with van der Waals surface area (Å²) in [5.74, 6) is 1.04. The number of benzene rings is 1. The number of piperazine rings is 1. The number of anilines is 1. The summed E-state index contributed by atoms with van der Waals surface area (Å²) < 4.78 is 0. The van der Waals surface area contributed by atoms with Gasteiger partial charge in [0.1, 0.15) is 0 Å². The largest absolute Gasteiger partial charge is 0.368 e. The van der Waals surface area contributed by atoms with Crippen LogP contribution in [-0.2, 0) is 4.79 Å². The van der Waals surface area contributed by atoms with E-state index in [0.717, 1.165) is 49.4 Å². The molecule has 1 N–H and O–H groups in total. The predicted molar refractivity (Wildman–Crippen MR) is 85.8 cm³/mol. The Balaban J connectivity index is 1.44. The van der Waals surface area contributed by atoms with Crippen LogP contribution in [0.2, 0.25) is 5.02 Å². The third kappa shape index (κ3) is 4.11. The zero-order valence-corrected chi connectivity index (χ0v) is 13.0. The predicted octanol–water partition coefficient (Wildman–Crippen LogP) is 1.99. The van der Waals surface area contributed by atoms with Crippen molar-refractivity contribution in [2.75, 3.05) is 44.2 Å². The van der Waals surface area contributed by atoms with Gasteiger partial charge in [-0.2, -0.15) is 0 Å². The number of rotatable bonds is 5. The topological polar surface area (TPSA) is 35.6 Å². The summed E-state index contributed by atoms with van der Waals surface area (Å²) in [6.07, 6.45) is 2.64. The quantitative estimate of drug-likeness (QED) is 0.903. The minimum absolute atomic E-state index is 0.224. The number of carbonyl (C=O) groups is 1. The molecule has 1 heterocycles. The Morgan fingerprint density at radius 2 is 2.00 bits per heavy atom. The Kier molecular flexibility index (Phi) is 4.66. The highest BCUT2D eigenvalue weighted by Gasteiger charge is 2.23. The Hall–Kier alpha value is -1.26. The van der Waals surface area contributed by atoms with Gasteiger partial charge < -0.3 is 15.1 Å². The van der Waals surface area contributed by atoms with Crippen molar-refractivity contribution < 1.29 is 4.79 Å². The lowest BCUT2D eigenvalue weighted by Gasteiger charge is -2.36. The molecule has 0 aromatic heterocycles. The van der Waals surface area contributed by atoms with Crippen molar-refractivity contribution in [2.24, 2.45) is 5.92 Å². The molecule has 0 bridgehead atoms. The monoisotopic (exact) mass is 307 g/mol. The molecule has 0 atom stereocenters. The third-order valence-electron chi connectivity index (χ3n) is 4.21. The van der Waals surface area contributed by atoms with Gasteiger partial charge in [0.15, 0.2) is 0 Å². The van der Waals surface area contributed by atoms with Crippen molar-refractivity contribution >= 4 is 23.2 Å². The first kappa shape index (κ1) is 14.7. The van der Waals surface area contributed by atoms with E-state index in [2.05, 4.69) is 16.3 Å². The van der Waals surface area contributed by atoms with E-state index in [4.69, 9.17) is 11.6 Å². The fourth-order valence-corrected chi connectivity index (χ4v) is 2.89. The van der Waals surface area contributed by atoms with Crippen molar-refractivity contribution in [2.45, 2.75) is 12.8 Å². The van der Waals surface area contributed by atoms with E-state index in [1.165, 1.54) is 12.8 Å². The van der Waals surface area contributed by atoms with Crippen LogP contribution in [0.1, 0.15) is 12.8 Å². The van der Waals surface area contributed by atoms with E-state index in [1.807, 2.05) is 23.1 Å². The third-order valence-corrected chi connectivity index (χ3v) is 4.45. The molecule has 1 aromatic rings. The van der Waals surface area contributed by atoms with Gasteiger partial charge in [0.25, 0.3) is 0 Å². The van der Waals surface area contributed by atoms with Gasteiger partial charge >= 0.3 is 0 Å². The fourth-order valence-electron chi connectivity index (χ4n) is 2.70. The van der Waals surface area contributed by atoms with E-state index >= 15 is 0 Å². The minimum atomic E-state index is 0.224. The number of nitrogens with one attached hydrogen (secondary N) is 1. The zero-order valence-electron chi connectivity index (χ0n) is 12.2. The lowest BCUT2D eigenvalue weighted by Crippen LogP contribution is -2.51. The maximum Gasteiger partial charge on any atom is 0.236 e. The molecule has 3 rings (SSSR count). The van der Waals surface area contributed by atoms with Crippen LogP contribution in [0.25, 0.3) is 0 Å². The number of halogens is 1. The van der Waals surface area contributed by atoms with Gasteiger partial charge in [-0.05, 0) is 43.5 Å². The zero-order chi connectivity index (χ0) is 14.7. The molecule has 1 aliphatic carbocycles. The molecular formula is C16H22ClN3O. The molecule has 1 saturated carbocycles. The van der Waals surface area contributed by atoms with E-state index in [0.29, 0.717) is 6.54 Å². The Bertz CT molecular complexity index is 496. The van der Waals surface area contributed by atoms with Crippen LogP contribution in [0.4, 0.5) is 5.69 Å². The van der Waals surface area contributed by atoms with Gasteiger partial charge in [-0.15, -0.1) is 0 Å². The summed E-state index contributed by atoms with van der Waals surface area (Å²) in [5, 5.41) is 4.03. The summed E-state index contributed by atoms with van der Waals surface area (Å²) in [5.41, 5.74) is 1.14. The number of carbonyl (C=O) groups excluding carboxylic acids is 1. The molecule has 1 aliphatic heterocycles. The highest BCUT2D eigenvalue weighted by Crippen LogP contribution is 2.27. The van der Waals surface area contributed by atoms with Crippen LogP contribution >= 0.6 is 11.6 Å². The second kappa shape index (κ2) is 6.67. The highest BCUT2D eigenvalue weighted by molar-refractivity contribution is 6.30. The van der Waals surface area contributed by atoms with E-state index in [9.17, 15) is 4.79 Å². The second-order valence-corrected chi connectivity index (χ2v) is 6.36. The molecule has 1 saturated heterocycles. The average molecular weight is 308 g/mol. The molecule has 0 unspecified atom stereocenters. The van der Waals surface area contributed by atoms with Gasteiger partial charge in [-0.25, -0.2) is 0 Å². The maximum absolute atomic E-state index is 12.1. The highest BCUT2D eigenvalue weighted by atomic mass is 35.5. The average Bonchev–Trinajstić information content (AvgIpc) is 3.31. The Morgan fingerprint density at radius 1 is 1.24 bits per heavy atom. The number of nitrogens with zero attached hydrogens (tertiary/aromatic N) is 2. The van der Waals surface area contributed by atoms with Crippen molar-refractivity contribution in [1.29, 1.82) is 0 Å². The van der Waals surface area contributed by atoms with E-state index < -0.39 is 0 Å². The van der Waals surface area contributed by atoms with Crippen molar-refractivity contribution in [1.82, 2.24) is 10.2 Å². The molecule has 1 aromatic carbocycles. The van der Waals surface area contributed by atoms with Crippen molar-refractivity contribution in [3.8, 4) is 0 Å². The molecule has 2 fully saturated rings. The van der Waals surface area contributed by atoms with Gasteiger partial charge in [0, 0.05) is 36.9 Å². The summed E-state index contributed by atoms with van der Waals surface area (Å²) in [4.78, 5) is 16.4. The maximum atomic E-state index is 12.1. The van der Waals surface area contributed by atoms with Gasteiger partial charge in [-0.3, -0.25) is 4.79 Å². The first-order chi connectivity index (χ1) is 10.2. The standard InChI is InChI=1S/C16H22ClN3O/c17-14-2-1-3-15(10-14)19-6-8-20(9-7-19)16(21)12-18-11-13-4-5-13/h1-3,10,13,18H,4-9,11-12H2. The molecule has 21 heavy (non-hydrogen) atoms. The lowest BCUT2D eigenvalue weighted by atomic mass is 10.2. The molecule has 5 heteroatoms. The van der Waals surface area contributed by atoms with Gasteiger partial charge in [0.05, 0.1) is 6.54 Å². The Labute approximate surface area is 131 Å². The van der Waals surface area contributed by atoms with Crippen molar-refractivity contribution in [3.63, 3.8) is 0 Å². The molecule has 114 valence electrons. The molecule has 1 amide bonds. The number of hydrogen-bond acceptors (Lipinski definition) is 3. The number of hydrogen-bond donors (Lipinski definition) is 1. The fraction of sp³-hybridized carbons (Fsp3) is 0.562. The van der Waals surface area contributed by atoms with Gasteiger partial charge in [-0.1, -0.05) is 17.7 Å². The summed E-state index contributed by atoms with van der Waals surface area (Å²) in [7, 11) is 0. The van der Waals surface area contributed by atoms with Crippen LogP contribution in [0.3, 0.4) is 0 Å².